The average molecular weight is 418 g/mol. The van der Waals surface area contributed by atoms with Crippen LogP contribution in [0.15, 0.2) is 66.7 Å². The number of nitro groups is 1. The van der Waals surface area contributed by atoms with Crippen LogP contribution in [0.2, 0.25) is 0 Å². The molecule has 1 amide bonds. The van der Waals surface area contributed by atoms with Gasteiger partial charge in [0.25, 0.3) is 11.6 Å². The van der Waals surface area contributed by atoms with Crippen molar-refractivity contribution in [2.24, 2.45) is 0 Å². The van der Waals surface area contributed by atoms with Crippen molar-refractivity contribution in [2.75, 3.05) is 20.8 Å². The summed E-state index contributed by atoms with van der Waals surface area (Å²) in [4.78, 5) is 26.2. The van der Waals surface area contributed by atoms with E-state index in [1.54, 1.807) is 37.3 Å². The average Bonchev–Trinajstić information content (AvgIpc) is 2.82. The van der Waals surface area contributed by atoms with Crippen LogP contribution >= 0.6 is 0 Å². The van der Waals surface area contributed by atoms with E-state index in [0.717, 1.165) is 11.1 Å². The summed E-state index contributed by atoms with van der Waals surface area (Å²) in [6, 6.07) is 18.8. The Labute approximate surface area is 180 Å². The van der Waals surface area contributed by atoms with Crippen LogP contribution in [0, 0.1) is 10.1 Å². The molecule has 1 aliphatic rings. The fraction of sp³-hybridized carbons (Fsp3) is 0.208. The van der Waals surface area contributed by atoms with Crippen LogP contribution in [0.1, 0.15) is 33.1 Å². The van der Waals surface area contributed by atoms with Gasteiger partial charge in [0.1, 0.15) is 0 Å². The monoisotopic (exact) mass is 418 g/mol. The third-order valence-electron chi connectivity index (χ3n) is 5.55. The first kappa shape index (κ1) is 20.4. The van der Waals surface area contributed by atoms with Crippen molar-refractivity contribution < 1.29 is 19.2 Å². The Morgan fingerprint density at radius 1 is 1.00 bits per heavy atom. The van der Waals surface area contributed by atoms with Crippen LogP contribution in [0.4, 0.5) is 5.69 Å². The Morgan fingerprint density at radius 2 is 1.71 bits per heavy atom. The maximum Gasteiger partial charge on any atom is 0.269 e. The predicted octanol–water partition coefficient (Wildman–Crippen LogP) is 4.40. The lowest BCUT2D eigenvalue weighted by Gasteiger charge is -2.38. The number of hydrogen-bond acceptors (Lipinski definition) is 5. The number of benzene rings is 3. The Hall–Kier alpha value is -3.87. The molecule has 0 saturated heterocycles. The molecule has 4 rings (SSSR count). The lowest BCUT2D eigenvalue weighted by molar-refractivity contribution is -0.384. The van der Waals surface area contributed by atoms with E-state index in [9.17, 15) is 14.9 Å². The molecule has 0 aliphatic carbocycles. The first-order chi connectivity index (χ1) is 15.0. The normalized spacial score (nSPS) is 15.2. The SMILES string of the molecule is COc1cc2c(cc1OC)[C@@H](c1cccc([N+](=O)[O-])c1)N(C(=O)c1ccccc1)CC2. The van der Waals surface area contributed by atoms with Crippen molar-refractivity contribution in [2.45, 2.75) is 12.5 Å². The molecule has 3 aromatic rings. The minimum Gasteiger partial charge on any atom is -0.493 e. The molecule has 1 aliphatic heterocycles. The van der Waals surface area contributed by atoms with Crippen LogP contribution in [-0.4, -0.2) is 36.5 Å². The van der Waals surface area contributed by atoms with E-state index in [2.05, 4.69) is 0 Å². The molecule has 3 aromatic carbocycles. The highest BCUT2D eigenvalue weighted by Gasteiger charge is 2.34. The van der Waals surface area contributed by atoms with Gasteiger partial charge >= 0.3 is 0 Å². The van der Waals surface area contributed by atoms with Crippen LogP contribution in [0.3, 0.4) is 0 Å². The summed E-state index contributed by atoms with van der Waals surface area (Å²) in [5.41, 5.74) is 3.12. The van der Waals surface area contributed by atoms with Gasteiger partial charge in [0.2, 0.25) is 0 Å². The number of amides is 1. The quantitative estimate of drug-likeness (QED) is 0.453. The van der Waals surface area contributed by atoms with Crippen molar-refractivity contribution >= 4 is 11.6 Å². The van der Waals surface area contributed by atoms with Gasteiger partial charge in [0, 0.05) is 24.2 Å². The molecule has 0 aromatic heterocycles. The molecule has 1 heterocycles. The van der Waals surface area contributed by atoms with Gasteiger partial charge in [-0.15, -0.1) is 0 Å². The number of hydrogen-bond donors (Lipinski definition) is 0. The zero-order valence-corrected chi connectivity index (χ0v) is 17.3. The zero-order chi connectivity index (χ0) is 22.0. The molecule has 1 atom stereocenters. The molecule has 31 heavy (non-hydrogen) atoms. The molecule has 0 saturated carbocycles. The predicted molar refractivity (Wildman–Crippen MR) is 116 cm³/mol. The molecule has 158 valence electrons. The summed E-state index contributed by atoms with van der Waals surface area (Å²) in [6.45, 7) is 0.476. The van der Waals surface area contributed by atoms with Crippen molar-refractivity contribution in [3.05, 3.63) is 99.1 Å². The molecule has 0 bridgehead atoms. The lowest BCUT2D eigenvalue weighted by atomic mass is 9.87. The van der Waals surface area contributed by atoms with E-state index in [1.165, 1.54) is 12.1 Å². The van der Waals surface area contributed by atoms with E-state index >= 15 is 0 Å². The Balaban J connectivity index is 1.88. The zero-order valence-electron chi connectivity index (χ0n) is 17.3. The summed E-state index contributed by atoms with van der Waals surface area (Å²) in [5.74, 6) is 1.03. The fourth-order valence-corrected chi connectivity index (χ4v) is 4.08. The van der Waals surface area contributed by atoms with E-state index in [-0.39, 0.29) is 11.6 Å². The summed E-state index contributed by atoms with van der Waals surface area (Å²) in [6.07, 6.45) is 0.639. The topological polar surface area (TPSA) is 81.9 Å². The third kappa shape index (κ3) is 3.82. The van der Waals surface area contributed by atoms with Crippen molar-refractivity contribution in [1.29, 1.82) is 0 Å². The number of ether oxygens (including phenoxy) is 2. The number of fused-ring (bicyclic) bond motifs is 1. The van der Waals surface area contributed by atoms with Gasteiger partial charge in [0.05, 0.1) is 25.2 Å². The van der Waals surface area contributed by atoms with Crippen molar-refractivity contribution in [3.63, 3.8) is 0 Å². The van der Waals surface area contributed by atoms with E-state index in [1.807, 2.05) is 36.4 Å². The van der Waals surface area contributed by atoms with Crippen LogP contribution < -0.4 is 9.47 Å². The van der Waals surface area contributed by atoms with Crippen molar-refractivity contribution in [1.82, 2.24) is 4.90 Å². The fourth-order valence-electron chi connectivity index (χ4n) is 4.08. The van der Waals surface area contributed by atoms with E-state index in [0.29, 0.717) is 35.6 Å². The second kappa shape index (κ2) is 8.47. The van der Waals surface area contributed by atoms with Gasteiger partial charge in [-0.25, -0.2) is 0 Å². The lowest BCUT2D eigenvalue weighted by Crippen LogP contribution is -2.40. The highest BCUT2D eigenvalue weighted by atomic mass is 16.6. The van der Waals surface area contributed by atoms with Gasteiger partial charge in [0.15, 0.2) is 11.5 Å². The third-order valence-corrected chi connectivity index (χ3v) is 5.55. The standard InChI is InChI=1S/C24H22N2O5/c1-30-21-14-17-11-12-25(24(27)16-7-4-3-5-8-16)23(20(17)15-22(21)31-2)18-9-6-10-19(13-18)26(28)29/h3-10,13-15,23H,11-12H2,1-2H3/t23-/m1/s1. The minimum absolute atomic E-state index is 0.0165. The van der Waals surface area contributed by atoms with E-state index in [4.69, 9.17) is 9.47 Å². The van der Waals surface area contributed by atoms with Gasteiger partial charge in [-0.05, 0) is 47.4 Å². The number of rotatable bonds is 5. The molecule has 0 radical (unpaired) electrons. The number of nitrogens with zero attached hydrogens (tertiary/aromatic N) is 2. The molecule has 0 N–H and O–H groups in total. The maximum absolute atomic E-state index is 13.4. The minimum atomic E-state index is -0.490. The molecule has 0 fully saturated rings. The first-order valence-corrected chi connectivity index (χ1v) is 9.88. The van der Waals surface area contributed by atoms with E-state index < -0.39 is 11.0 Å². The Bertz CT molecular complexity index is 1130. The van der Waals surface area contributed by atoms with Crippen LogP contribution in [-0.2, 0) is 6.42 Å². The summed E-state index contributed by atoms with van der Waals surface area (Å²) in [5, 5.41) is 11.4. The number of methoxy groups -OCH3 is 2. The largest absolute Gasteiger partial charge is 0.493 e. The number of nitro benzene ring substituents is 1. The maximum atomic E-state index is 13.4. The number of carbonyl (C=O) groups is 1. The highest BCUT2D eigenvalue weighted by Crippen LogP contribution is 2.42. The van der Waals surface area contributed by atoms with Crippen LogP contribution in [0.25, 0.3) is 0 Å². The Kier molecular flexibility index (Phi) is 5.58. The summed E-state index contributed by atoms with van der Waals surface area (Å²) in [7, 11) is 3.14. The summed E-state index contributed by atoms with van der Waals surface area (Å²) < 4.78 is 10.9. The molecule has 0 unspecified atom stereocenters. The summed E-state index contributed by atoms with van der Waals surface area (Å²) >= 11 is 0. The first-order valence-electron chi connectivity index (χ1n) is 9.88. The smallest absolute Gasteiger partial charge is 0.269 e. The molecule has 0 spiro atoms. The van der Waals surface area contributed by atoms with Crippen molar-refractivity contribution in [3.8, 4) is 11.5 Å². The second-order valence-corrected chi connectivity index (χ2v) is 7.28. The van der Waals surface area contributed by atoms with Gasteiger partial charge in [-0.3, -0.25) is 14.9 Å². The van der Waals surface area contributed by atoms with Gasteiger partial charge in [-0.1, -0.05) is 30.3 Å². The second-order valence-electron chi connectivity index (χ2n) is 7.28. The molecule has 7 nitrogen and oxygen atoms in total. The Morgan fingerprint density at radius 3 is 2.39 bits per heavy atom. The molecular weight excluding hydrogens is 396 g/mol. The molecule has 7 heteroatoms. The van der Waals surface area contributed by atoms with Crippen LogP contribution in [0.5, 0.6) is 11.5 Å². The molecular formula is C24H22N2O5. The van der Waals surface area contributed by atoms with Gasteiger partial charge in [-0.2, -0.15) is 0 Å². The number of non-ortho nitro benzene ring substituents is 1. The number of carbonyl (C=O) groups excluding carboxylic acids is 1. The van der Waals surface area contributed by atoms with Gasteiger partial charge < -0.3 is 14.4 Å². The highest BCUT2D eigenvalue weighted by molar-refractivity contribution is 5.95.